The van der Waals surface area contributed by atoms with E-state index in [1.165, 1.54) is 25.3 Å². The first kappa shape index (κ1) is 23.8. The Morgan fingerprint density at radius 3 is 2.34 bits per heavy atom. The molecule has 0 fully saturated rings. The first-order valence-corrected chi connectivity index (χ1v) is 11.9. The quantitative estimate of drug-likeness (QED) is 0.495. The maximum Gasteiger partial charge on any atom is 0.245 e. The van der Waals surface area contributed by atoms with Crippen molar-refractivity contribution in [1.29, 1.82) is 0 Å². The number of hydrogen-bond donors (Lipinski definition) is 2. The highest BCUT2D eigenvalue weighted by Crippen LogP contribution is 2.27. The van der Waals surface area contributed by atoms with Gasteiger partial charge in [-0.2, -0.15) is 4.72 Å². The Kier molecular flexibility index (Phi) is 7.90. The van der Waals surface area contributed by atoms with Crippen LogP contribution in [-0.4, -0.2) is 27.5 Å². The fourth-order valence-corrected chi connectivity index (χ4v) is 4.79. The number of aryl methyl sites for hydroxylation is 1. The van der Waals surface area contributed by atoms with Crippen LogP contribution in [-0.2, 0) is 27.8 Å². The molecule has 1 atom stereocenters. The lowest BCUT2D eigenvalue weighted by Gasteiger charge is -2.20. The SMILES string of the molecule is COc1ccc(Cl)cc1S(=O)(=O)NC(Cc1ccccc1)C(=O)NCc1ccc(C)cc1. The van der Waals surface area contributed by atoms with Crippen LogP contribution in [0.2, 0.25) is 5.02 Å². The van der Waals surface area contributed by atoms with Crippen LogP contribution in [0, 0.1) is 6.92 Å². The van der Waals surface area contributed by atoms with Crippen LogP contribution >= 0.6 is 11.6 Å². The van der Waals surface area contributed by atoms with Crippen LogP contribution < -0.4 is 14.8 Å². The third-order valence-corrected chi connectivity index (χ3v) is 6.63. The molecule has 0 aliphatic rings. The average molecular weight is 473 g/mol. The molecule has 0 aliphatic heterocycles. The minimum Gasteiger partial charge on any atom is -0.495 e. The maximum absolute atomic E-state index is 13.2. The molecule has 3 aromatic rings. The van der Waals surface area contributed by atoms with Gasteiger partial charge in [0, 0.05) is 11.6 Å². The second-order valence-corrected chi connectivity index (χ2v) is 9.48. The summed E-state index contributed by atoms with van der Waals surface area (Å²) in [5, 5.41) is 3.07. The van der Waals surface area contributed by atoms with Crippen molar-refractivity contribution in [3.63, 3.8) is 0 Å². The Morgan fingerprint density at radius 2 is 1.69 bits per heavy atom. The zero-order valence-corrected chi connectivity index (χ0v) is 19.4. The van der Waals surface area contributed by atoms with Gasteiger partial charge in [0.2, 0.25) is 15.9 Å². The number of benzene rings is 3. The van der Waals surface area contributed by atoms with E-state index in [4.69, 9.17) is 16.3 Å². The van der Waals surface area contributed by atoms with Gasteiger partial charge in [0.25, 0.3) is 0 Å². The van der Waals surface area contributed by atoms with Crippen molar-refractivity contribution >= 4 is 27.5 Å². The summed E-state index contributed by atoms with van der Waals surface area (Å²) in [6.45, 7) is 2.27. The van der Waals surface area contributed by atoms with Crippen LogP contribution in [0.25, 0.3) is 0 Å². The van der Waals surface area contributed by atoms with Crippen LogP contribution in [0.3, 0.4) is 0 Å². The van der Waals surface area contributed by atoms with Crippen molar-refractivity contribution in [2.45, 2.75) is 30.8 Å². The fraction of sp³-hybridized carbons (Fsp3) is 0.208. The lowest BCUT2D eigenvalue weighted by molar-refractivity contribution is -0.122. The molecule has 0 spiro atoms. The number of carbonyl (C=O) groups is 1. The Bertz CT molecular complexity index is 1170. The van der Waals surface area contributed by atoms with E-state index in [0.29, 0.717) is 0 Å². The van der Waals surface area contributed by atoms with Gasteiger partial charge in [-0.3, -0.25) is 4.79 Å². The largest absolute Gasteiger partial charge is 0.495 e. The van der Waals surface area contributed by atoms with Gasteiger partial charge in [-0.1, -0.05) is 71.8 Å². The summed E-state index contributed by atoms with van der Waals surface area (Å²) in [5.41, 5.74) is 2.86. The Balaban J connectivity index is 1.84. The molecule has 2 N–H and O–H groups in total. The first-order valence-electron chi connectivity index (χ1n) is 10.0. The van der Waals surface area contributed by atoms with E-state index in [-0.39, 0.29) is 28.6 Å². The van der Waals surface area contributed by atoms with E-state index in [1.807, 2.05) is 61.5 Å². The molecule has 1 unspecified atom stereocenters. The average Bonchev–Trinajstić information content (AvgIpc) is 2.78. The van der Waals surface area contributed by atoms with E-state index in [9.17, 15) is 13.2 Å². The fourth-order valence-electron chi connectivity index (χ4n) is 3.17. The summed E-state index contributed by atoms with van der Waals surface area (Å²) in [6.07, 6.45) is 0.183. The summed E-state index contributed by atoms with van der Waals surface area (Å²) >= 11 is 6.01. The predicted octanol–water partition coefficient (Wildman–Crippen LogP) is 3.86. The Morgan fingerprint density at radius 1 is 1.00 bits per heavy atom. The van der Waals surface area contributed by atoms with Gasteiger partial charge in [0.05, 0.1) is 7.11 Å². The van der Waals surface area contributed by atoms with Gasteiger partial charge in [-0.05, 0) is 42.7 Å². The summed E-state index contributed by atoms with van der Waals surface area (Å²) in [7, 11) is -2.73. The van der Waals surface area contributed by atoms with E-state index in [0.717, 1.165) is 16.7 Å². The van der Waals surface area contributed by atoms with E-state index in [2.05, 4.69) is 10.0 Å². The van der Waals surface area contributed by atoms with Gasteiger partial charge >= 0.3 is 0 Å². The molecule has 0 heterocycles. The van der Waals surface area contributed by atoms with Gasteiger partial charge < -0.3 is 10.1 Å². The summed E-state index contributed by atoms with van der Waals surface area (Å²) in [6, 6.07) is 20.2. The van der Waals surface area contributed by atoms with Crippen molar-refractivity contribution in [1.82, 2.24) is 10.0 Å². The van der Waals surface area contributed by atoms with Crippen LogP contribution in [0.1, 0.15) is 16.7 Å². The third-order valence-electron chi connectivity index (χ3n) is 4.90. The molecule has 0 aliphatic carbocycles. The maximum atomic E-state index is 13.2. The van der Waals surface area contributed by atoms with E-state index in [1.54, 1.807) is 0 Å². The van der Waals surface area contributed by atoms with E-state index < -0.39 is 22.0 Å². The third kappa shape index (κ3) is 6.32. The van der Waals surface area contributed by atoms with Gasteiger partial charge in [-0.25, -0.2) is 8.42 Å². The molecule has 0 bridgehead atoms. The lowest BCUT2D eigenvalue weighted by atomic mass is 10.1. The molecule has 0 radical (unpaired) electrons. The van der Waals surface area contributed by atoms with Crippen LogP contribution in [0.5, 0.6) is 5.75 Å². The molecule has 1 amide bonds. The highest BCUT2D eigenvalue weighted by molar-refractivity contribution is 7.89. The molecule has 0 saturated heterocycles. The number of halogens is 1. The molecule has 8 heteroatoms. The number of ether oxygens (including phenoxy) is 1. The summed E-state index contributed by atoms with van der Waals surface area (Å²) in [5.74, 6) is -0.292. The van der Waals surface area contributed by atoms with Crippen molar-refractivity contribution in [3.05, 3.63) is 94.5 Å². The van der Waals surface area contributed by atoms with E-state index >= 15 is 0 Å². The molecule has 0 saturated carbocycles. The van der Waals surface area contributed by atoms with Crippen molar-refractivity contribution < 1.29 is 17.9 Å². The topological polar surface area (TPSA) is 84.5 Å². The Labute approximate surface area is 193 Å². The highest BCUT2D eigenvalue weighted by atomic mass is 35.5. The lowest BCUT2D eigenvalue weighted by Crippen LogP contribution is -2.47. The molecule has 6 nitrogen and oxygen atoms in total. The van der Waals surface area contributed by atoms with Gasteiger partial charge in [0.1, 0.15) is 16.7 Å². The second-order valence-electron chi connectivity index (χ2n) is 7.36. The van der Waals surface area contributed by atoms with Gasteiger partial charge in [0.15, 0.2) is 0 Å². The molecular formula is C24H25ClN2O4S. The normalized spacial score (nSPS) is 12.2. The minimum atomic E-state index is -4.10. The molecule has 3 rings (SSSR count). The van der Waals surface area contributed by atoms with Crippen molar-refractivity contribution in [2.24, 2.45) is 0 Å². The number of methoxy groups -OCH3 is 1. The predicted molar refractivity (Wildman–Crippen MR) is 125 cm³/mol. The number of nitrogens with one attached hydrogen (secondary N) is 2. The number of rotatable bonds is 9. The molecule has 0 aromatic heterocycles. The zero-order valence-electron chi connectivity index (χ0n) is 17.8. The molecular weight excluding hydrogens is 448 g/mol. The monoisotopic (exact) mass is 472 g/mol. The van der Waals surface area contributed by atoms with Crippen LogP contribution in [0.15, 0.2) is 77.7 Å². The highest BCUT2D eigenvalue weighted by Gasteiger charge is 2.28. The molecule has 168 valence electrons. The smallest absolute Gasteiger partial charge is 0.245 e. The number of amides is 1. The first-order chi connectivity index (χ1) is 15.3. The molecule has 3 aromatic carbocycles. The summed E-state index contributed by atoms with van der Waals surface area (Å²) in [4.78, 5) is 12.9. The van der Waals surface area contributed by atoms with Gasteiger partial charge in [-0.15, -0.1) is 0 Å². The number of sulfonamides is 1. The number of hydrogen-bond acceptors (Lipinski definition) is 4. The minimum absolute atomic E-state index is 0.128. The summed E-state index contributed by atoms with van der Waals surface area (Å²) < 4.78 is 34.0. The Hall–Kier alpha value is -2.87. The zero-order chi connectivity index (χ0) is 23.1. The second kappa shape index (κ2) is 10.6. The molecule has 32 heavy (non-hydrogen) atoms. The van der Waals surface area contributed by atoms with Crippen LogP contribution in [0.4, 0.5) is 0 Å². The van der Waals surface area contributed by atoms with Crippen molar-refractivity contribution in [2.75, 3.05) is 7.11 Å². The standard InChI is InChI=1S/C24H25ClN2O4S/c1-17-8-10-19(11-9-17)16-26-24(28)21(14-18-6-4-3-5-7-18)27-32(29,30)23-15-20(25)12-13-22(23)31-2/h3-13,15,21,27H,14,16H2,1-2H3,(H,26,28). The number of carbonyl (C=O) groups excluding carboxylic acids is 1. The van der Waals surface area contributed by atoms with Crippen molar-refractivity contribution in [3.8, 4) is 5.75 Å².